The number of thiophene rings is 1. The Morgan fingerprint density at radius 2 is 1.96 bits per heavy atom. The molecule has 1 aromatic carbocycles. The first kappa shape index (κ1) is 17.5. The first-order valence-electron chi connectivity index (χ1n) is 9.76. The third kappa shape index (κ3) is 2.75. The van der Waals surface area contributed by atoms with E-state index in [-0.39, 0.29) is 17.8 Å². The summed E-state index contributed by atoms with van der Waals surface area (Å²) in [6.45, 7) is 2.58. The Morgan fingerprint density at radius 3 is 2.82 bits per heavy atom. The van der Waals surface area contributed by atoms with Gasteiger partial charge in [-0.2, -0.15) is 0 Å². The average molecular weight is 396 g/mol. The lowest BCUT2D eigenvalue weighted by atomic mass is 9.95. The van der Waals surface area contributed by atoms with Crippen LogP contribution in [0.3, 0.4) is 0 Å². The Kier molecular flexibility index (Phi) is 4.23. The van der Waals surface area contributed by atoms with Crippen LogP contribution in [0.2, 0.25) is 0 Å². The molecule has 144 valence electrons. The van der Waals surface area contributed by atoms with Crippen molar-refractivity contribution in [2.75, 3.05) is 5.32 Å². The van der Waals surface area contributed by atoms with Crippen LogP contribution in [-0.4, -0.2) is 15.5 Å². The molecule has 1 aliphatic carbocycles. The monoisotopic (exact) mass is 395 g/mol. The van der Waals surface area contributed by atoms with Gasteiger partial charge < -0.3 is 14.8 Å². The number of urea groups is 1. The summed E-state index contributed by atoms with van der Waals surface area (Å²) < 4.78 is 16.3. The fraction of sp³-hybridized carbons (Fsp3) is 0.318. The van der Waals surface area contributed by atoms with Gasteiger partial charge >= 0.3 is 6.03 Å². The minimum absolute atomic E-state index is 0.111. The Balaban J connectivity index is 1.56. The number of carbonyl (C=O) groups is 1. The maximum atomic E-state index is 14.1. The third-order valence-corrected chi connectivity index (χ3v) is 7.19. The molecule has 2 aromatic heterocycles. The average Bonchev–Trinajstić information content (AvgIpc) is 3.29. The van der Waals surface area contributed by atoms with Gasteiger partial charge in [-0.3, -0.25) is 0 Å². The number of benzene rings is 1. The van der Waals surface area contributed by atoms with Crippen molar-refractivity contribution < 1.29 is 9.18 Å². The van der Waals surface area contributed by atoms with Crippen LogP contribution in [0.25, 0.3) is 5.00 Å². The highest BCUT2D eigenvalue weighted by Gasteiger charge is 2.33. The minimum atomic E-state index is -0.421. The largest absolute Gasteiger partial charge is 0.322 e. The molecule has 6 heteroatoms. The van der Waals surface area contributed by atoms with Gasteiger partial charge in [0.05, 0.1) is 18.3 Å². The summed E-state index contributed by atoms with van der Waals surface area (Å²) in [6.07, 6.45) is 6.73. The summed E-state index contributed by atoms with van der Waals surface area (Å²) in [5, 5.41) is 4.01. The van der Waals surface area contributed by atoms with Gasteiger partial charge in [-0.05, 0) is 62.4 Å². The van der Waals surface area contributed by atoms with Crippen LogP contribution in [0.4, 0.5) is 14.9 Å². The molecule has 0 spiro atoms. The number of aryl methyl sites for hydroxylation is 1. The molecule has 3 aromatic rings. The number of rotatable bonds is 1. The first-order chi connectivity index (χ1) is 13.6. The topological polar surface area (TPSA) is 37.3 Å². The van der Waals surface area contributed by atoms with Crippen molar-refractivity contribution >= 4 is 23.1 Å². The lowest BCUT2D eigenvalue weighted by molar-refractivity contribution is 0.189. The summed E-state index contributed by atoms with van der Waals surface area (Å²) in [5.74, 6) is -0.421. The molecule has 28 heavy (non-hydrogen) atoms. The zero-order valence-corrected chi connectivity index (χ0v) is 16.6. The van der Waals surface area contributed by atoms with Gasteiger partial charge in [0, 0.05) is 22.3 Å². The lowest BCUT2D eigenvalue weighted by Gasteiger charge is -2.28. The van der Waals surface area contributed by atoms with Crippen LogP contribution >= 0.6 is 11.3 Å². The number of nitrogens with one attached hydrogen (secondary N) is 1. The minimum Gasteiger partial charge on any atom is -0.312 e. The van der Waals surface area contributed by atoms with E-state index in [1.807, 2.05) is 29.2 Å². The molecule has 2 amide bonds. The number of halogens is 1. The number of anilines is 1. The van der Waals surface area contributed by atoms with Gasteiger partial charge in [-0.25, -0.2) is 9.18 Å². The van der Waals surface area contributed by atoms with Gasteiger partial charge in [0.2, 0.25) is 0 Å². The van der Waals surface area contributed by atoms with Crippen LogP contribution in [0.5, 0.6) is 0 Å². The van der Waals surface area contributed by atoms with Crippen molar-refractivity contribution in [1.29, 1.82) is 0 Å². The Hall–Kier alpha value is -2.60. The van der Waals surface area contributed by atoms with E-state index < -0.39 is 5.82 Å². The van der Waals surface area contributed by atoms with Crippen molar-refractivity contribution in [3.8, 4) is 5.00 Å². The zero-order chi connectivity index (χ0) is 19.3. The van der Waals surface area contributed by atoms with Gasteiger partial charge in [-0.1, -0.05) is 12.1 Å². The van der Waals surface area contributed by atoms with Crippen molar-refractivity contribution in [3.63, 3.8) is 0 Å². The molecule has 1 atom stereocenters. The number of amides is 2. The van der Waals surface area contributed by atoms with Crippen molar-refractivity contribution in [2.45, 2.75) is 45.2 Å². The Bertz CT molecular complexity index is 1050. The van der Waals surface area contributed by atoms with Crippen LogP contribution in [0, 0.1) is 5.82 Å². The van der Waals surface area contributed by atoms with Gasteiger partial charge in [-0.15, -0.1) is 11.3 Å². The lowest BCUT2D eigenvalue weighted by Crippen LogP contribution is -2.36. The molecule has 1 unspecified atom stereocenters. The predicted molar refractivity (Wildman–Crippen MR) is 110 cm³/mol. The second-order valence-corrected chi connectivity index (χ2v) is 8.60. The van der Waals surface area contributed by atoms with Crippen LogP contribution in [0.1, 0.15) is 47.5 Å². The molecule has 4 nitrogen and oxygen atoms in total. The number of carbonyl (C=O) groups excluding carboxylic acids is 1. The Morgan fingerprint density at radius 1 is 1.14 bits per heavy atom. The molecule has 5 rings (SSSR count). The quantitative estimate of drug-likeness (QED) is 0.567. The van der Waals surface area contributed by atoms with E-state index in [4.69, 9.17) is 0 Å². The van der Waals surface area contributed by atoms with Crippen molar-refractivity contribution in [3.05, 3.63) is 70.1 Å². The van der Waals surface area contributed by atoms with E-state index in [1.54, 1.807) is 18.2 Å². The smallest absolute Gasteiger partial charge is 0.312 e. The number of hydrogen-bond donors (Lipinski definition) is 1. The summed E-state index contributed by atoms with van der Waals surface area (Å²) in [7, 11) is 0. The van der Waals surface area contributed by atoms with Crippen molar-refractivity contribution in [2.24, 2.45) is 0 Å². The normalized spacial score (nSPS) is 18.1. The molecule has 0 saturated heterocycles. The van der Waals surface area contributed by atoms with Crippen LogP contribution in [0.15, 0.2) is 42.6 Å². The molecule has 0 radical (unpaired) electrons. The van der Waals surface area contributed by atoms with Gasteiger partial charge in [0.25, 0.3) is 0 Å². The molecule has 1 N–H and O–H groups in total. The molecule has 3 heterocycles. The number of nitrogens with zero attached hydrogens (tertiary/aromatic N) is 2. The first-order valence-corrected chi connectivity index (χ1v) is 10.6. The zero-order valence-electron chi connectivity index (χ0n) is 15.7. The second-order valence-electron chi connectivity index (χ2n) is 7.51. The highest BCUT2D eigenvalue weighted by molar-refractivity contribution is 7.15. The third-order valence-electron chi connectivity index (χ3n) is 5.86. The fourth-order valence-corrected chi connectivity index (χ4v) is 5.76. The molecular weight excluding hydrogens is 373 g/mol. The SMILES string of the molecule is CC1c2cccn2-c2sc3c(c2CN1C(=O)Nc1ccccc1F)CCCC3. The molecule has 0 fully saturated rings. The highest BCUT2D eigenvalue weighted by atomic mass is 32.1. The van der Waals surface area contributed by atoms with Crippen molar-refractivity contribution in [1.82, 2.24) is 9.47 Å². The maximum absolute atomic E-state index is 14.1. The number of aromatic nitrogens is 1. The van der Waals surface area contributed by atoms with Crippen LogP contribution in [-0.2, 0) is 19.4 Å². The van der Waals surface area contributed by atoms with E-state index in [1.165, 1.54) is 39.9 Å². The second kappa shape index (κ2) is 6.78. The van der Waals surface area contributed by atoms with Gasteiger partial charge in [0.1, 0.15) is 10.8 Å². The van der Waals surface area contributed by atoms with Gasteiger partial charge in [0.15, 0.2) is 0 Å². The molecule has 0 saturated carbocycles. The van der Waals surface area contributed by atoms with E-state index in [0.717, 1.165) is 18.5 Å². The standard InChI is InChI=1S/C22H22FN3OS/c1-14-19-10-6-12-25(19)21-16(15-7-2-5-11-20(15)28-21)13-26(14)22(27)24-18-9-4-3-8-17(18)23/h3-4,6,8-10,12,14H,2,5,7,11,13H2,1H3,(H,24,27). The molecule has 2 aliphatic rings. The molecular formula is C22H22FN3OS. The fourth-order valence-electron chi connectivity index (χ4n) is 4.36. The summed E-state index contributed by atoms with van der Waals surface area (Å²) >= 11 is 1.87. The van der Waals surface area contributed by atoms with E-state index in [2.05, 4.69) is 22.1 Å². The van der Waals surface area contributed by atoms with E-state index in [9.17, 15) is 9.18 Å². The summed E-state index contributed by atoms with van der Waals surface area (Å²) in [5.41, 5.74) is 3.97. The van der Waals surface area contributed by atoms with E-state index in [0.29, 0.717) is 6.54 Å². The van der Waals surface area contributed by atoms with E-state index >= 15 is 0 Å². The maximum Gasteiger partial charge on any atom is 0.322 e. The molecule has 1 aliphatic heterocycles. The Labute approximate surface area is 167 Å². The highest BCUT2D eigenvalue weighted by Crippen LogP contribution is 2.42. The predicted octanol–water partition coefficient (Wildman–Crippen LogP) is 5.67. The molecule has 0 bridgehead atoms. The summed E-state index contributed by atoms with van der Waals surface area (Å²) in [4.78, 5) is 16.4. The summed E-state index contributed by atoms with van der Waals surface area (Å²) in [6, 6.07) is 10.0. The van der Waals surface area contributed by atoms with Crippen LogP contribution < -0.4 is 5.32 Å². The number of para-hydroxylation sites is 1. The number of fused-ring (bicyclic) bond motifs is 5. The number of hydrogen-bond acceptors (Lipinski definition) is 2.